The Balaban J connectivity index is 1.74. The molecule has 3 rings (SSSR count). The molecule has 1 fully saturated rings. The van der Waals surface area contributed by atoms with Gasteiger partial charge in [-0.15, -0.1) is 5.10 Å². The monoisotopic (exact) mass is 310 g/mol. The molecule has 1 saturated carbocycles. The van der Waals surface area contributed by atoms with Crippen molar-refractivity contribution in [2.75, 3.05) is 19.0 Å². The first kappa shape index (κ1) is 11.9. The van der Waals surface area contributed by atoms with Gasteiger partial charge in [-0.05, 0) is 47.3 Å². The van der Waals surface area contributed by atoms with Crippen LogP contribution in [0.2, 0.25) is 0 Å². The number of halogens is 1. The van der Waals surface area contributed by atoms with Crippen LogP contribution in [0.3, 0.4) is 0 Å². The van der Waals surface area contributed by atoms with Crippen LogP contribution >= 0.6 is 15.9 Å². The van der Waals surface area contributed by atoms with Crippen LogP contribution in [0.4, 0.5) is 5.95 Å². The molecule has 0 unspecified atom stereocenters. The SMILES string of the molecule is COC1(CNc2nc3ccc(Br)cn3n2)CCC1. The molecule has 96 valence electrons. The van der Waals surface area contributed by atoms with E-state index >= 15 is 0 Å². The number of pyridine rings is 1. The number of ether oxygens (including phenoxy) is 1. The lowest BCUT2D eigenvalue weighted by molar-refractivity contribution is -0.0602. The first-order valence-electron chi connectivity index (χ1n) is 6.02. The van der Waals surface area contributed by atoms with Crippen LogP contribution in [0.1, 0.15) is 19.3 Å². The summed E-state index contributed by atoms with van der Waals surface area (Å²) in [7, 11) is 1.77. The second-order valence-electron chi connectivity index (χ2n) is 4.68. The summed E-state index contributed by atoms with van der Waals surface area (Å²) in [4.78, 5) is 4.41. The molecule has 2 aromatic rings. The second-order valence-corrected chi connectivity index (χ2v) is 5.60. The van der Waals surface area contributed by atoms with E-state index in [0.29, 0.717) is 5.95 Å². The normalized spacial score (nSPS) is 17.7. The lowest BCUT2D eigenvalue weighted by Crippen LogP contribution is -2.45. The van der Waals surface area contributed by atoms with E-state index in [1.165, 1.54) is 6.42 Å². The minimum absolute atomic E-state index is 0.0158. The van der Waals surface area contributed by atoms with E-state index < -0.39 is 0 Å². The molecule has 2 heterocycles. The molecule has 6 heteroatoms. The first-order chi connectivity index (χ1) is 8.71. The maximum absolute atomic E-state index is 5.56. The number of hydrogen-bond donors (Lipinski definition) is 1. The van der Waals surface area contributed by atoms with Gasteiger partial charge in [-0.3, -0.25) is 0 Å². The molecular weight excluding hydrogens is 296 g/mol. The number of fused-ring (bicyclic) bond motifs is 1. The standard InChI is InChI=1S/C12H15BrN4O/c1-18-12(5-2-6-12)8-14-11-15-10-4-3-9(13)7-17(10)16-11/h3-4,7H,2,5-6,8H2,1H3,(H,14,16). The van der Waals surface area contributed by atoms with Gasteiger partial charge in [0.2, 0.25) is 5.95 Å². The molecule has 0 saturated heterocycles. The average Bonchev–Trinajstić information content (AvgIpc) is 2.70. The van der Waals surface area contributed by atoms with Crippen molar-refractivity contribution in [2.45, 2.75) is 24.9 Å². The van der Waals surface area contributed by atoms with E-state index in [4.69, 9.17) is 4.74 Å². The van der Waals surface area contributed by atoms with Crippen LogP contribution in [0.5, 0.6) is 0 Å². The molecule has 18 heavy (non-hydrogen) atoms. The number of methoxy groups -OCH3 is 1. The molecule has 0 spiro atoms. The van der Waals surface area contributed by atoms with Crippen LogP contribution in [-0.4, -0.2) is 33.9 Å². The Morgan fingerprint density at radius 1 is 1.50 bits per heavy atom. The maximum Gasteiger partial charge on any atom is 0.243 e. The summed E-state index contributed by atoms with van der Waals surface area (Å²) < 4.78 is 8.30. The van der Waals surface area contributed by atoms with Crippen molar-refractivity contribution in [1.82, 2.24) is 14.6 Å². The predicted molar refractivity (Wildman–Crippen MR) is 72.8 cm³/mol. The zero-order chi connectivity index (χ0) is 12.6. The largest absolute Gasteiger partial charge is 0.376 e. The Labute approximate surface area is 114 Å². The third-order valence-electron chi connectivity index (χ3n) is 3.56. The van der Waals surface area contributed by atoms with Crippen molar-refractivity contribution in [3.63, 3.8) is 0 Å². The van der Waals surface area contributed by atoms with E-state index in [0.717, 1.165) is 29.5 Å². The third-order valence-corrected chi connectivity index (χ3v) is 4.03. The van der Waals surface area contributed by atoms with Crippen LogP contribution in [-0.2, 0) is 4.74 Å². The Hall–Kier alpha value is -1.14. The van der Waals surface area contributed by atoms with Gasteiger partial charge in [0.05, 0.1) is 5.60 Å². The summed E-state index contributed by atoms with van der Waals surface area (Å²) in [5.41, 5.74) is 0.818. The van der Waals surface area contributed by atoms with Crippen molar-refractivity contribution in [2.24, 2.45) is 0 Å². The fourth-order valence-electron chi connectivity index (χ4n) is 2.20. The average molecular weight is 311 g/mol. The van der Waals surface area contributed by atoms with Crippen molar-refractivity contribution in [3.8, 4) is 0 Å². The summed E-state index contributed by atoms with van der Waals surface area (Å²) in [5, 5.41) is 7.64. The van der Waals surface area contributed by atoms with Gasteiger partial charge in [-0.1, -0.05) is 0 Å². The van der Waals surface area contributed by atoms with E-state index in [-0.39, 0.29) is 5.60 Å². The Morgan fingerprint density at radius 2 is 2.33 bits per heavy atom. The highest BCUT2D eigenvalue weighted by Crippen LogP contribution is 2.34. The molecule has 1 aliphatic rings. The summed E-state index contributed by atoms with van der Waals surface area (Å²) >= 11 is 3.41. The van der Waals surface area contributed by atoms with Gasteiger partial charge in [0.25, 0.3) is 0 Å². The minimum Gasteiger partial charge on any atom is -0.376 e. The van der Waals surface area contributed by atoms with Crippen molar-refractivity contribution in [3.05, 3.63) is 22.8 Å². The Bertz CT molecular complexity index is 559. The fraction of sp³-hybridized carbons (Fsp3) is 0.500. The number of hydrogen-bond acceptors (Lipinski definition) is 4. The molecule has 0 aliphatic heterocycles. The third kappa shape index (κ3) is 2.10. The van der Waals surface area contributed by atoms with Gasteiger partial charge in [-0.25, -0.2) is 4.52 Å². The number of anilines is 1. The zero-order valence-corrected chi connectivity index (χ0v) is 11.8. The number of rotatable bonds is 4. The molecule has 1 aliphatic carbocycles. The molecular formula is C12H15BrN4O. The molecule has 0 radical (unpaired) electrons. The van der Waals surface area contributed by atoms with Gasteiger partial charge >= 0.3 is 0 Å². The number of nitrogens with one attached hydrogen (secondary N) is 1. The highest BCUT2D eigenvalue weighted by atomic mass is 79.9. The molecule has 0 bridgehead atoms. The van der Waals surface area contributed by atoms with E-state index in [1.807, 2.05) is 18.3 Å². The van der Waals surface area contributed by atoms with Crippen LogP contribution in [0.25, 0.3) is 5.65 Å². The van der Waals surface area contributed by atoms with Crippen LogP contribution in [0, 0.1) is 0 Å². The van der Waals surface area contributed by atoms with Gasteiger partial charge in [-0.2, -0.15) is 4.98 Å². The highest BCUT2D eigenvalue weighted by Gasteiger charge is 2.36. The summed E-state index contributed by atoms with van der Waals surface area (Å²) in [6.07, 6.45) is 5.34. The van der Waals surface area contributed by atoms with Gasteiger partial charge in [0.15, 0.2) is 5.65 Å². The molecule has 1 N–H and O–H groups in total. The quantitative estimate of drug-likeness (QED) is 0.942. The lowest BCUT2D eigenvalue weighted by Gasteiger charge is -2.40. The second kappa shape index (κ2) is 4.51. The summed E-state index contributed by atoms with van der Waals surface area (Å²) in [5.74, 6) is 0.649. The summed E-state index contributed by atoms with van der Waals surface area (Å²) in [6, 6.07) is 3.88. The van der Waals surface area contributed by atoms with Gasteiger partial charge < -0.3 is 10.1 Å². The first-order valence-corrected chi connectivity index (χ1v) is 6.81. The lowest BCUT2D eigenvalue weighted by atomic mass is 9.80. The van der Waals surface area contributed by atoms with Crippen molar-refractivity contribution < 1.29 is 4.74 Å². The number of aromatic nitrogens is 3. The predicted octanol–water partition coefficient (Wildman–Crippen LogP) is 2.47. The molecule has 5 nitrogen and oxygen atoms in total. The molecule has 2 aromatic heterocycles. The molecule has 0 aromatic carbocycles. The topological polar surface area (TPSA) is 51.5 Å². The molecule has 0 atom stereocenters. The van der Waals surface area contributed by atoms with Crippen molar-refractivity contribution in [1.29, 1.82) is 0 Å². The fourth-order valence-corrected chi connectivity index (χ4v) is 2.52. The van der Waals surface area contributed by atoms with E-state index in [9.17, 15) is 0 Å². The Morgan fingerprint density at radius 3 is 3.00 bits per heavy atom. The van der Waals surface area contributed by atoms with Crippen LogP contribution in [0.15, 0.2) is 22.8 Å². The van der Waals surface area contributed by atoms with Crippen LogP contribution < -0.4 is 5.32 Å². The van der Waals surface area contributed by atoms with Crippen molar-refractivity contribution >= 4 is 27.5 Å². The highest BCUT2D eigenvalue weighted by molar-refractivity contribution is 9.10. The van der Waals surface area contributed by atoms with E-state index in [2.05, 4.69) is 31.3 Å². The molecule has 0 amide bonds. The van der Waals surface area contributed by atoms with Gasteiger partial charge in [0, 0.05) is 24.3 Å². The zero-order valence-electron chi connectivity index (χ0n) is 10.2. The minimum atomic E-state index is -0.0158. The maximum atomic E-state index is 5.56. The van der Waals surface area contributed by atoms with E-state index in [1.54, 1.807) is 11.6 Å². The summed E-state index contributed by atoms with van der Waals surface area (Å²) in [6.45, 7) is 0.765. The smallest absolute Gasteiger partial charge is 0.243 e. The van der Waals surface area contributed by atoms with Gasteiger partial charge in [0.1, 0.15) is 0 Å². The number of nitrogens with zero attached hydrogens (tertiary/aromatic N) is 3. The Kier molecular flexibility index (Phi) is 2.99.